The lowest BCUT2D eigenvalue weighted by Crippen LogP contribution is -2.55. The van der Waals surface area contributed by atoms with E-state index in [4.69, 9.17) is 0 Å². The maximum absolute atomic E-state index is 13.5. The van der Waals surface area contributed by atoms with Crippen molar-refractivity contribution in [1.82, 2.24) is 9.97 Å². The molecule has 182 valence electrons. The van der Waals surface area contributed by atoms with Gasteiger partial charge in [0.05, 0.1) is 23.2 Å². The van der Waals surface area contributed by atoms with Gasteiger partial charge in [-0.1, -0.05) is 13.8 Å². The number of hydrogen-bond acceptors (Lipinski definition) is 4. The van der Waals surface area contributed by atoms with Gasteiger partial charge in [-0.3, -0.25) is 14.6 Å². The van der Waals surface area contributed by atoms with Gasteiger partial charge < -0.3 is 10.6 Å². The molecule has 8 fully saturated rings. The van der Waals surface area contributed by atoms with Crippen molar-refractivity contribution in [3.05, 3.63) is 12.4 Å². The van der Waals surface area contributed by atoms with Gasteiger partial charge in [0.2, 0.25) is 11.8 Å². The molecule has 2 N–H and O–H groups in total. The zero-order valence-electron chi connectivity index (χ0n) is 20.7. The smallest absolute Gasteiger partial charge is 0.231 e. The molecule has 0 aliphatic heterocycles. The summed E-state index contributed by atoms with van der Waals surface area (Å²) < 4.78 is 0. The van der Waals surface area contributed by atoms with Gasteiger partial charge in [-0.15, -0.1) is 0 Å². The van der Waals surface area contributed by atoms with Gasteiger partial charge in [0, 0.05) is 0 Å². The number of carbonyl (C=O) groups is 2. The summed E-state index contributed by atoms with van der Waals surface area (Å²) in [5.74, 6) is 3.90. The summed E-state index contributed by atoms with van der Waals surface area (Å²) in [6.45, 7) is 4.76. The Bertz CT molecular complexity index is 959. The molecule has 8 saturated carbocycles. The molecule has 4 atom stereocenters. The Morgan fingerprint density at radius 3 is 1.44 bits per heavy atom. The number of hydrogen-bond donors (Lipinski definition) is 2. The van der Waals surface area contributed by atoms with Crippen molar-refractivity contribution < 1.29 is 9.59 Å². The summed E-state index contributed by atoms with van der Waals surface area (Å²) in [6, 6.07) is 0. The van der Waals surface area contributed by atoms with Crippen LogP contribution in [0.25, 0.3) is 0 Å². The second-order valence-electron chi connectivity index (χ2n) is 14.3. The van der Waals surface area contributed by atoms with Crippen molar-refractivity contribution >= 4 is 23.5 Å². The Labute approximate surface area is 202 Å². The zero-order valence-corrected chi connectivity index (χ0v) is 20.7. The predicted molar refractivity (Wildman–Crippen MR) is 130 cm³/mol. The van der Waals surface area contributed by atoms with Gasteiger partial charge in [-0.05, 0) is 112 Å². The molecule has 6 nitrogen and oxygen atoms in total. The van der Waals surface area contributed by atoms with Crippen LogP contribution in [-0.2, 0) is 9.59 Å². The highest BCUT2D eigenvalue weighted by atomic mass is 16.2. The first kappa shape index (κ1) is 21.3. The number of rotatable bonds is 4. The number of carbonyl (C=O) groups excluding carboxylic acids is 2. The molecule has 0 radical (unpaired) electrons. The molecule has 8 aliphatic carbocycles. The number of amides is 2. The minimum absolute atomic E-state index is 0.111. The van der Waals surface area contributed by atoms with Crippen LogP contribution in [0.15, 0.2) is 12.4 Å². The van der Waals surface area contributed by atoms with Crippen LogP contribution >= 0.6 is 0 Å². The van der Waals surface area contributed by atoms with Crippen molar-refractivity contribution in [2.45, 2.75) is 90.9 Å². The summed E-state index contributed by atoms with van der Waals surface area (Å²) in [6.07, 6.45) is 17.0. The molecular weight excluding hydrogens is 424 g/mol. The third-order valence-corrected chi connectivity index (χ3v) is 10.8. The van der Waals surface area contributed by atoms with Crippen LogP contribution < -0.4 is 10.6 Å². The molecule has 1 heterocycles. The lowest BCUT2D eigenvalue weighted by molar-refractivity contribution is -0.150. The van der Waals surface area contributed by atoms with Crippen LogP contribution in [0.3, 0.4) is 0 Å². The quantitative estimate of drug-likeness (QED) is 0.613. The van der Waals surface area contributed by atoms with Gasteiger partial charge in [0.1, 0.15) is 0 Å². The molecule has 0 spiro atoms. The molecule has 8 bridgehead atoms. The van der Waals surface area contributed by atoms with Crippen LogP contribution in [0.1, 0.15) is 90.9 Å². The number of aromatic nitrogens is 2. The highest BCUT2D eigenvalue weighted by molar-refractivity contribution is 5.96. The molecule has 6 heteroatoms. The fourth-order valence-electron chi connectivity index (χ4n) is 11.0. The van der Waals surface area contributed by atoms with E-state index in [0.717, 1.165) is 38.5 Å². The molecule has 8 aliphatic rings. The van der Waals surface area contributed by atoms with Gasteiger partial charge in [-0.2, -0.15) is 0 Å². The molecule has 2 amide bonds. The Kier molecular flexibility index (Phi) is 4.28. The van der Waals surface area contributed by atoms with E-state index in [1.807, 2.05) is 0 Å². The summed E-state index contributed by atoms with van der Waals surface area (Å²) in [7, 11) is 0. The van der Waals surface area contributed by atoms with E-state index in [0.29, 0.717) is 46.1 Å². The van der Waals surface area contributed by atoms with Crippen LogP contribution in [0.2, 0.25) is 0 Å². The second-order valence-corrected chi connectivity index (χ2v) is 14.3. The van der Waals surface area contributed by atoms with Crippen molar-refractivity contribution in [1.29, 1.82) is 0 Å². The SMILES string of the molecule is CC12CC3CC(C1)CC(C(=O)Nc1cncc(NC(=O)C45CC6CC(CC(C)(C6)C4)C5)n1)(C3)C2. The second kappa shape index (κ2) is 6.82. The van der Waals surface area contributed by atoms with Crippen LogP contribution in [-0.4, -0.2) is 21.8 Å². The fourth-order valence-corrected chi connectivity index (χ4v) is 11.0. The van der Waals surface area contributed by atoms with Crippen molar-refractivity contribution in [2.75, 3.05) is 10.6 Å². The number of nitrogens with zero attached hydrogens (tertiary/aromatic N) is 2. The monoisotopic (exact) mass is 462 g/mol. The van der Waals surface area contributed by atoms with E-state index in [-0.39, 0.29) is 22.6 Å². The molecule has 0 saturated heterocycles. The summed E-state index contributed by atoms with van der Waals surface area (Å²) >= 11 is 0. The van der Waals surface area contributed by atoms with E-state index < -0.39 is 0 Å². The third-order valence-electron chi connectivity index (χ3n) is 10.8. The molecule has 34 heavy (non-hydrogen) atoms. The predicted octanol–water partition coefficient (Wildman–Crippen LogP) is 5.57. The maximum atomic E-state index is 13.5. The van der Waals surface area contributed by atoms with Crippen LogP contribution in [0.5, 0.6) is 0 Å². The Morgan fingerprint density at radius 1 is 0.706 bits per heavy atom. The number of anilines is 2. The molecule has 4 unspecified atom stereocenters. The maximum Gasteiger partial charge on any atom is 0.231 e. The average Bonchev–Trinajstić information content (AvgIpc) is 2.70. The molecule has 1 aromatic rings. The number of nitrogens with one attached hydrogen (secondary N) is 2. The van der Waals surface area contributed by atoms with Gasteiger partial charge in [0.15, 0.2) is 11.6 Å². The molecule has 9 rings (SSSR count). The Hall–Kier alpha value is -1.98. The van der Waals surface area contributed by atoms with Gasteiger partial charge in [-0.25, -0.2) is 4.98 Å². The van der Waals surface area contributed by atoms with Crippen molar-refractivity contribution in [2.24, 2.45) is 45.3 Å². The summed E-state index contributed by atoms with van der Waals surface area (Å²) in [4.78, 5) is 36.0. The average molecular weight is 463 g/mol. The highest BCUT2D eigenvalue weighted by Gasteiger charge is 2.60. The van der Waals surface area contributed by atoms with E-state index in [1.54, 1.807) is 12.4 Å². The zero-order chi connectivity index (χ0) is 23.3. The first-order valence-electron chi connectivity index (χ1n) is 13.6. The lowest BCUT2D eigenvalue weighted by Gasteiger charge is -2.60. The molecule has 0 aromatic carbocycles. The van der Waals surface area contributed by atoms with Crippen LogP contribution in [0.4, 0.5) is 11.6 Å². The minimum atomic E-state index is -0.256. The first-order valence-corrected chi connectivity index (χ1v) is 13.6. The summed E-state index contributed by atoms with van der Waals surface area (Å²) in [5, 5.41) is 6.21. The van der Waals surface area contributed by atoms with E-state index in [1.165, 1.54) is 38.5 Å². The minimum Gasteiger partial charge on any atom is -0.309 e. The topological polar surface area (TPSA) is 84.0 Å². The Morgan fingerprint density at radius 2 is 1.09 bits per heavy atom. The Balaban J connectivity index is 1.07. The van der Waals surface area contributed by atoms with Crippen LogP contribution in [0, 0.1) is 45.3 Å². The third kappa shape index (κ3) is 3.26. The molecule has 1 aromatic heterocycles. The lowest BCUT2D eigenvalue weighted by atomic mass is 9.44. The van der Waals surface area contributed by atoms with Gasteiger partial charge in [0.25, 0.3) is 0 Å². The van der Waals surface area contributed by atoms with Gasteiger partial charge >= 0.3 is 0 Å². The molecular formula is C28H38N4O2. The van der Waals surface area contributed by atoms with Crippen molar-refractivity contribution in [3.63, 3.8) is 0 Å². The van der Waals surface area contributed by atoms with E-state index in [9.17, 15) is 9.59 Å². The highest BCUT2D eigenvalue weighted by Crippen LogP contribution is 2.66. The van der Waals surface area contributed by atoms with Crippen molar-refractivity contribution in [3.8, 4) is 0 Å². The normalized spacial score (nSPS) is 47.6. The largest absolute Gasteiger partial charge is 0.309 e. The fraction of sp³-hybridized carbons (Fsp3) is 0.786. The summed E-state index contributed by atoms with van der Waals surface area (Å²) in [5.41, 5.74) is 0.123. The standard InChI is InChI=1S/C28H38N4O2/c1-25-5-17-3-18(6-25)10-27(9-17,15-25)23(33)31-21-13-29-14-22(30-21)32-24(34)28-11-19-4-20(12-28)8-26(2,7-19)16-28/h13-14,17-20H,3-12,15-16H2,1-2H3,(H2,30,31,32,33,34). The first-order chi connectivity index (χ1) is 16.1. The van der Waals surface area contributed by atoms with E-state index in [2.05, 4.69) is 34.4 Å². The van der Waals surface area contributed by atoms with E-state index >= 15 is 0 Å².